The number of likely N-dealkylation sites (N-methyl/N-ethyl adjacent to an activating group) is 1. The van der Waals surface area contributed by atoms with Crippen LogP contribution in [0.5, 0.6) is 0 Å². The molecule has 2 heterocycles. The number of aromatic nitrogens is 2. The maximum absolute atomic E-state index is 14.7. The zero-order valence-electron chi connectivity index (χ0n) is 43.2. The number of imidazole rings is 1. The highest BCUT2D eigenvalue weighted by Gasteiger charge is 2.38. The van der Waals surface area contributed by atoms with Crippen LogP contribution in [0.3, 0.4) is 0 Å². The third-order valence-corrected chi connectivity index (χ3v) is 13.4. The lowest BCUT2D eigenvalue weighted by Gasteiger charge is -2.29. The summed E-state index contributed by atoms with van der Waals surface area (Å²) in [5, 5.41) is 13.4. The Morgan fingerprint density at radius 1 is 0.750 bits per heavy atom. The van der Waals surface area contributed by atoms with Crippen molar-refractivity contribution < 1.29 is 52.0 Å². The third kappa shape index (κ3) is 20.6. The van der Waals surface area contributed by atoms with Crippen molar-refractivity contribution in [3.63, 3.8) is 0 Å². The van der Waals surface area contributed by atoms with E-state index in [0.717, 1.165) is 44.9 Å². The summed E-state index contributed by atoms with van der Waals surface area (Å²) in [5.41, 5.74) is 2.57. The van der Waals surface area contributed by atoms with E-state index in [4.69, 9.17) is 13.8 Å². The van der Waals surface area contributed by atoms with E-state index in [1.165, 1.54) is 31.4 Å². The Balaban J connectivity index is 1.54. The molecule has 1 saturated heterocycles. The number of phosphoric acid groups is 1. The summed E-state index contributed by atoms with van der Waals surface area (Å²) in [6, 6.07) is 12.9. The Labute approximate surface area is 425 Å². The summed E-state index contributed by atoms with van der Waals surface area (Å²) in [6.07, 6.45) is 10.4. The maximum atomic E-state index is 14.7. The van der Waals surface area contributed by atoms with Gasteiger partial charge in [0.25, 0.3) is 0 Å². The van der Waals surface area contributed by atoms with Gasteiger partial charge in [-0.3, -0.25) is 37.8 Å². The van der Waals surface area contributed by atoms with Crippen LogP contribution in [0.4, 0.5) is 0 Å². The first-order valence-electron chi connectivity index (χ1n) is 25.4. The Morgan fingerprint density at radius 2 is 1.36 bits per heavy atom. The highest BCUT2D eigenvalue weighted by atomic mass is 31.2. The van der Waals surface area contributed by atoms with Gasteiger partial charge in [-0.15, -0.1) is 0 Å². The van der Waals surface area contributed by atoms with E-state index >= 15 is 0 Å². The van der Waals surface area contributed by atoms with Gasteiger partial charge in [-0.25, -0.2) is 9.55 Å². The molecule has 0 spiro atoms. The third-order valence-electron chi connectivity index (χ3n) is 12.3. The minimum Gasteiger partial charge on any atom is -0.378 e. The van der Waals surface area contributed by atoms with E-state index in [1.54, 1.807) is 42.9 Å². The summed E-state index contributed by atoms with van der Waals surface area (Å²) in [4.78, 5) is 99.1. The number of likely N-dealkylation sites (tertiary alicyclic amines) is 1. The average Bonchev–Trinajstić information content (AvgIpc) is 4.03. The first-order chi connectivity index (χ1) is 34.4. The standard InChI is InChI=1S/C52H79N8O11P/c1-36(2)29-43(56-51(65)46-26-20-28-60(46)39(6)61)48(62)55-44(30-42-31-54-35-59(42)27-19-11-9-8-10-14-21-40-22-15-12-16-23-40)49(63)57-45(34-69-32-37(3)4)50(64)58-47(52(66)53-7)38(5)71-72(67,68)70-33-41-24-17-13-18-25-41/h12-13,15-18,22-25,31,35-38,43-47H,8-11,14,19-21,26-30,32-34H2,1-7H3,(H,53,66)(H,55,62)(H,56,65)(H,57,63)(H,58,64)(H,67,68)/t38-,43+,44+,45+,46+,47+/m1/s1. The second-order valence-electron chi connectivity index (χ2n) is 19.4. The summed E-state index contributed by atoms with van der Waals surface area (Å²) in [5.74, 6) is -3.81. The minimum absolute atomic E-state index is 0.0397. The van der Waals surface area contributed by atoms with Crippen LogP contribution >= 0.6 is 7.82 Å². The van der Waals surface area contributed by atoms with E-state index in [2.05, 4.69) is 55.8 Å². The highest BCUT2D eigenvalue weighted by Crippen LogP contribution is 2.45. The molecule has 1 aliphatic rings. The minimum atomic E-state index is -4.78. The molecule has 1 aliphatic heterocycles. The molecular formula is C52H79N8O11P. The van der Waals surface area contributed by atoms with Crippen molar-refractivity contribution in [2.24, 2.45) is 11.8 Å². The number of carbonyl (C=O) groups excluding carboxylic acids is 6. The van der Waals surface area contributed by atoms with Crippen LogP contribution < -0.4 is 26.6 Å². The van der Waals surface area contributed by atoms with E-state index < -0.39 is 73.7 Å². The predicted octanol–water partition coefficient (Wildman–Crippen LogP) is 5.15. The van der Waals surface area contributed by atoms with Gasteiger partial charge in [-0.05, 0) is 68.4 Å². The van der Waals surface area contributed by atoms with E-state index in [0.29, 0.717) is 37.2 Å². The van der Waals surface area contributed by atoms with Gasteiger partial charge < -0.3 is 45.7 Å². The number of aryl methyl sites for hydroxylation is 2. The number of rotatable bonds is 32. The van der Waals surface area contributed by atoms with Gasteiger partial charge in [0.2, 0.25) is 35.4 Å². The molecule has 0 saturated carbocycles. The molecule has 7 atom stereocenters. The molecule has 0 aliphatic carbocycles. The number of phosphoric ester groups is 1. The van der Waals surface area contributed by atoms with Crippen LogP contribution in [0, 0.1) is 11.8 Å². The Bertz CT molecular complexity index is 2210. The lowest BCUT2D eigenvalue weighted by molar-refractivity contribution is -0.139. The summed E-state index contributed by atoms with van der Waals surface area (Å²) >= 11 is 0. The topological polar surface area (TPSA) is 249 Å². The Kier molecular flexibility index (Phi) is 25.1. The van der Waals surface area contributed by atoms with Crippen molar-refractivity contribution in [3.8, 4) is 0 Å². The van der Waals surface area contributed by atoms with Crippen molar-refractivity contribution in [2.45, 2.75) is 162 Å². The molecule has 6 N–H and O–H groups in total. The Hall–Kier alpha value is -5.46. The van der Waals surface area contributed by atoms with Crippen LogP contribution in [0.2, 0.25) is 0 Å². The highest BCUT2D eigenvalue weighted by molar-refractivity contribution is 7.47. The predicted molar refractivity (Wildman–Crippen MR) is 273 cm³/mol. The molecule has 4 rings (SSSR count). The molecule has 1 fully saturated rings. The van der Waals surface area contributed by atoms with Crippen molar-refractivity contribution in [1.82, 2.24) is 41.0 Å². The molecule has 1 aromatic heterocycles. The van der Waals surface area contributed by atoms with Gasteiger partial charge >= 0.3 is 7.82 Å². The second-order valence-corrected chi connectivity index (χ2v) is 20.8. The van der Waals surface area contributed by atoms with E-state index in [1.807, 2.05) is 38.3 Å². The largest absolute Gasteiger partial charge is 0.472 e. The molecule has 3 aromatic rings. The fraction of sp³-hybridized carbons (Fsp3) is 0.596. The van der Waals surface area contributed by atoms with Crippen molar-refractivity contribution in [1.29, 1.82) is 0 Å². The van der Waals surface area contributed by atoms with E-state index in [-0.39, 0.29) is 50.4 Å². The second kappa shape index (κ2) is 30.5. The van der Waals surface area contributed by atoms with Crippen LogP contribution in [0.15, 0.2) is 73.2 Å². The maximum Gasteiger partial charge on any atom is 0.472 e. The fourth-order valence-electron chi connectivity index (χ4n) is 8.47. The van der Waals surface area contributed by atoms with Gasteiger partial charge in [0.05, 0.1) is 25.6 Å². The van der Waals surface area contributed by atoms with Crippen molar-refractivity contribution >= 4 is 43.3 Å². The lowest BCUT2D eigenvalue weighted by Crippen LogP contribution is -2.61. The molecule has 19 nitrogen and oxygen atoms in total. The number of carbonyl (C=O) groups is 6. The Morgan fingerprint density at radius 3 is 2.00 bits per heavy atom. The quantitative estimate of drug-likeness (QED) is 0.0351. The number of ether oxygens (including phenoxy) is 1. The van der Waals surface area contributed by atoms with Gasteiger partial charge in [-0.1, -0.05) is 114 Å². The van der Waals surface area contributed by atoms with Crippen LogP contribution in [0.1, 0.15) is 116 Å². The summed E-state index contributed by atoms with van der Waals surface area (Å²) in [7, 11) is -3.46. The molecule has 2 aromatic carbocycles. The fourth-order valence-corrected chi connectivity index (χ4v) is 9.39. The smallest absolute Gasteiger partial charge is 0.378 e. The zero-order valence-corrected chi connectivity index (χ0v) is 44.1. The SMILES string of the molecule is CNC(=O)[C@@H](NC(=O)[C@H](COCC(C)C)NC(=O)[C@H](Cc1cncn1CCCCCCCCc1ccccc1)NC(=O)[C@H](CC(C)C)NC(=O)[C@@H]1CCCN1C(C)=O)[C@@H](C)OP(=O)(O)OCc1ccccc1. The normalized spacial score (nSPS) is 16.5. The molecule has 0 bridgehead atoms. The number of unbranched alkanes of at least 4 members (excludes halogenated alkanes) is 5. The molecular weight excluding hydrogens is 944 g/mol. The molecule has 72 heavy (non-hydrogen) atoms. The molecule has 6 amide bonds. The first kappa shape index (κ1) is 59.1. The first-order valence-corrected chi connectivity index (χ1v) is 26.9. The van der Waals surface area contributed by atoms with Crippen molar-refractivity contribution in [2.75, 3.05) is 26.8 Å². The van der Waals surface area contributed by atoms with Crippen LogP contribution in [0.25, 0.3) is 0 Å². The molecule has 398 valence electrons. The van der Waals surface area contributed by atoms with Crippen LogP contribution in [-0.4, -0.2) is 118 Å². The molecule has 1 unspecified atom stereocenters. The van der Waals surface area contributed by atoms with Crippen LogP contribution in [-0.2, 0) is 73.1 Å². The molecule has 0 radical (unpaired) electrons. The number of benzene rings is 2. The molecule has 20 heteroatoms. The number of hydrogen-bond donors (Lipinski definition) is 6. The van der Waals surface area contributed by atoms with Gasteiger partial charge in [0.1, 0.15) is 30.2 Å². The van der Waals surface area contributed by atoms with E-state index in [9.17, 15) is 38.2 Å². The zero-order chi connectivity index (χ0) is 52.6. The van der Waals surface area contributed by atoms with Gasteiger partial charge in [0.15, 0.2) is 0 Å². The summed E-state index contributed by atoms with van der Waals surface area (Å²) in [6.45, 7) is 10.9. The van der Waals surface area contributed by atoms with Crippen molar-refractivity contribution in [3.05, 3.63) is 90.0 Å². The number of amides is 6. The lowest BCUT2D eigenvalue weighted by atomic mass is 10.0. The number of nitrogens with zero attached hydrogens (tertiary/aromatic N) is 3. The number of hydrogen-bond acceptors (Lipinski definition) is 11. The summed E-state index contributed by atoms with van der Waals surface area (Å²) < 4.78 is 31.4. The van der Waals surface area contributed by atoms with Gasteiger partial charge in [0, 0.05) is 52.0 Å². The monoisotopic (exact) mass is 1020 g/mol. The van der Waals surface area contributed by atoms with Gasteiger partial charge in [-0.2, -0.15) is 0 Å². The average molecular weight is 1020 g/mol. The number of nitrogens with one attached hydrogen (secondary N) is 5.